The molecule has 1 aromatic rings. The molecule has 0 radical (unpaired) electrons. The van der Waals surface area contributed by atoms with Crippen molar-refractivity contribution in [3.8, 4) is 0 Å². The summed E-state index contributed by atoms with van der Waals surface area (Å²) in [5.41, 5.74) is 0. The molecule has 0 atom stereocenters. The molecule has 2 heterocycles. The average Bonchev–Trinajstić information content (AvgIpc) is 2.31. The summed E-state index contributed by atoms with van der Waals surface area (Å²) in [6.07, 6.45) is 1.06. The standard InChI is InChI=1S/C11H14BrF2N3/c12-1-2-16-3-5-17(6-4-16)11-10(14)7-9(13)8-15-11/h7-8H,1-6H2. The summed E-state index contributed by atoms with van der Waals surface area (Å²) in [6, 6.07) is 0.882. The summed E-state index contributed by atoms with van der Waals surface area (Å²) in [4.78, 5) is 7.98. The number of rotatable bonds is 3. The Morgan fingerprint density at radius 1 is 1.24 bits per heavy atom. The van der Waals surface area contributed by atoms with Crippen molar-refractivity contribution < 1.29 is 8.78 Å². The quantitative estimate of drug-likeness (QED) is 0.795. The van der Waals surface area contributed by atoms with Crippen LogP contribution in [-0.4, -0.2) is 47.9 Å². The molecule has 0 amide bonds. The average molecular weight is 306 g/mol. The van der Waals surface area contributed by atoms with Crippen LogP contribution in [0, 0.1) is 11.6 Å². The SMILES string of the molecule is Fc1cnc(N2CCN(CCBr)CC2)c(F)c1. The van der Waals surface area contributed by atoms with E-state index in [1.54, 1.807) is 0 Å². The van der Waals surface area contributed by atoms with Gasteiger partial charge in [-0.1, -0.05) is 15.9 Å². The Hall–Kier alpha value is -0.750. The molecule has 6 heteroatoms. The van der Waals surface area contributed by atoms with Crippen molar-refractivity contribution in [1.29, 1.82) is 0 Å². The largest absolute Gasteiger partial charge is 0.352 e. The molecule has 0 unspecified atom stereocenters. The number of hydrogen-bond acceptors (Lipinski definition) is 3. The first-order chi connectivity index (χ1) is 8.20. The molecule has 3 nitrogen and oxygen atoms in total. The van der Waals surface area contributed by atoms with Gasteiger partial charge in [0.25, 0.3) is 0 Å². The molecule has 1 saturated heterocycles. The zero-order valence-electron chi connectivity index (χ0n) is 9.37. The highest BCUT2D eigenvalue weighted by atomic mass is 79.9. The van der Waals surface area contributed by atoms with Crippen LogP contribution in [0.2, 0.25) is 0 Å². The maximum absolute atomic E-state index is 13.5. The third-order valence-corrected chi connectivity index (χ3v) is 3.22. The number of nitrogens with zero attached hydrogens (tertiary/aromatic N) is 3. The van der Waals surface area contributed by atoms with Gasteiger partial charge in [-0.15, -0.1) is 0 Å². The van der Waals surface area contributed by atoms with Crippen LogP contribution in [0.4, 0.5) is 14.6 Å². The molecule has 1 aromatic heterocycles. The van der Waals surface area contributed by atoms with Crippen molar-refractivity contribution in [2.75, 3.05) is 43.0 Å². The lowest BCUT2D eigenvalue weighted by molar-refractivity contribution is 0.272. The predicted molar refractivity (Wildman–Crippen MR) is 66.6 cm³/mol. The maximum atomic E-state index is 13.5. The first kappa shape index (κ1) is 12.7. The summed E-state index contributed by atoms with van der Waals surface area (Å²) >= 11 is 3.40. The number of pyridine rings is 1. The van der Waals surface area contributed by atoms with Gasteiger partial charge in [0.2, 0.25) is 0 Å². The molecule has 17 heavy (non-hydrogen) atoms. The third-order valence-electron chi connectivity index (χ3n) is 2.86. The highest BCUT2D eigenvalue weighted by Crippen LogP contribution is 2.18. The Balaban J connectivity index is 2.00. The zero-order valence-corrected chi connectivity index (χ0v) is 11.0. The minimum absolute atomic E-state index is 0.255. The van der Waals surface area contributed by atoms with Crippen LogP contribution in [0.15, 0.2) is 12.3 Å². The minimum atomic E-state index is -0.635. The van der Waals surface area contributed by atoms with Gasteiger partial charge in [0.05, 0.1) is 6.20 Å². The van der Waals surface area contributed by atoms with E-state index in [1.165, 1.54) is 0 Å². The van der Waals surface area contributed by atoms with E-state index in [0.29, 0.717) is 0 Å². The van der Waals surface area contributed by atoms with Crippen molar-refractivity contribution in [1.82, 2.24) is 9.88 Å². The Morgan fingerprint density at radius 3 is 2.53 bits per heavy atom. The predicted octanol–water partition coefficient (Wildman–Crippen LogP) is 1.88. The number of halogens is 3. The van der Waals surface area contributed by atoms with Gasteiger partial charge in [-0.05, 0) is 0 Å². The lowest BCUT2D eigenvalue weighted by Gasteiger charge is -2.35. The molecule has 0 aromatic carbocycles. The Labute approximate surface area is 108 Å². The van der Waals surface area contributed by atoms with Gasteiger partial charge in [0.15, 0.2) is 11.6 Å². The molecule has 1 aliphatic rings. The lowest BCUT2D eigenvalue weighted by atomic mass is 10.3. The molecule has 1 fully saturated rings. The molecule has 0 saturated carbocycles. The molecular formula is C11H14BrF2N3. The fourth-order valence-corrected chi connectivity index (χ4v) is 2.44. The number of alkyl halides is 1. The van der Waals surface area contributed by atoms with Gasteiger partial charge >= 0.3 is 0 Å². The van der Waals surface area contributed by atoms with E-state index in [0.717, 1.165) is 50.3 Å². The molecule has 0 aliphatic carbocycles. The second-order valence-corrected chi connectivity index (χ2v) is 4.77. The maximum Gasteiger partial charge on any atom is 0.168 e. The van der Waals surface area contributed by atoms with Crippen LogP contribution >= 0.6 is 15.9 Å². The number of piperazine rings is 1. The fourth-order valence-electron chi connectivity index (χ4n) is 1.94. The van der Waals surface area contributed by atoms with Crippen LogP contribution in [0.3, 0.4) is 0 Å². The second kappa shape index (κ2) is 5.73. The Kier molecular flexibility index (Phi) is 4.28. The van der Waals surface area contributed by atoms with Crippen molar-refractivity contribution in [2.24, 2.45) is 0 Å². The monoisotopic (exact) mass is 305 g/mol. The molecule has 1 aliphatic heterocycles. The topological polar surface area (TPSA) is 19.4 Å². The molecule has 0 N–H and O–H groups in total. The summed E-state index contributed by atoms with van der Waals surface area (Å²) in [5.74, 6) is -0.965. The van der Waals surface area contributed by atoms with E-state index in [2.05, 4.69) is 25.8 Å². The first-order valence-electron chi connectivity index (χ1n) is 5.55. The van der Waals surface area contributed by atoms with Gasteiger partial charge in [-0.2, -0.15) is 0 Å². The van der Waals surface area contributed by atoms with Gasteiger partial charge in [-0.3, -0.25) is 4.90 Å². The van der Waals surface area contributed by atoms with Gasteiger partial charge in [0, 0.05) is 44.1 Å². The highest BCUT2D eigenvalue weighted by Gasteiger charge is 2.20. The molecule has 0 spiro atoms. The van der Waals surface area contributed by atoms with E-state index in [9.17, 15) is 8.78 Å². The highest BCUT2D eigenvalue weighted by molar-refractivity contribution is 9.09. The van der Waals surface area contributed by atoms with E-state index >= 15 is 0 Å². The summed E-state index contributed by atoms with van der Waals surface area (Å²) in [6.45, 7) is 4.20. The first-order valence-corrected chi connectivity index (χ1v) is 6.67. The lowest BCUT2D eigenvalue weighted by Crippen LogP contribution is -2.47. The summed E-state index contributed by atoms with van der Waals surface area (Å²) in [7, 11) is 0. The van der Waals surface area contributed by atoms with Crippen molar-refractivity contribution in [3.05, 3.63) is 23.9 Å². The summed E-state index contributed by atoms with van der Waals surface area (Å²) < 4.78 is 26.3. The fraction of sp³-hybridized carbons (Fsp3) is 0.545. The zero-order chi connectivity index (χ0) is 12.3. The Bertz CT molecular complexity index is 381. The smallest absolute Gasteiger partial charge is 0.168 e. The van der Waals surface area contributed by atoms with Crippen molar-refractivity contribution in [3.63, 3.8) is 0 Å². The molecule has 0 bridgehead atoms. The number of hydrogen-bond donors (Lipinski definition) is 0. The van der Waals surface area contributed by atoms with E-state index in [1.807, 2.05) is 4.90 Å². The minimum Gasteiger partial charge on any atom is -0.352 e. The van der Waals surface area contributed by atoms with E-state index in [-0.39, 0.29) is 5.82 Å². The number of anilines is 1. The van der Waals surface area contributed by atoms with Crippen molar-refractivity contribution in [2.45, 2.75) is 0 Å². The van der Waals surface area contributed by atoms with Crippen LogP contribution in [-0.2, 0) is 0 Å². The molecule has 2 rings (SSSR count). The molecule has 94 valence electrons. The van der Waals surface area contributed by atoms with Crippen LogP contribution in [0.25, 0.3) is 0 Å². The second-order valence-electron chi connectivity index (χ2n) is 3.98. The van der Waals surface area contributed by atoms with Crippen LogP contribution < -0.4 is 4.90 Å². The van der Waals surface area contributed by atoms with Gasteiger partial charge in [0.1, 0.15) is 5.82 Å². The normalized spacial score (nSPS) is 17.5. The van der Waals surface area contributed by atoms with Crippen LogP contribution in [0.5, 0.6) is 0 Å². The Morgan fingerprint density at radius 2 is 1.94 bits per heavy atom. The van der Waals surface area contributed by atoms with Gasteiger partial charge < -0.3 is 4.90 Å². The molecular weight excluding hydrogens is 292 g/mol. The van der Waals surface area contributed by atoms with Gasteiger partial charge in [-0.25, -0.2) is 13.8 Å². The number of aromatic nitrogens is 1. The van der Waals surface area contributed by atoms with E-state index < -0.39 is 11.6 Å². The van der Waals surface area contributed by atoms with Crippen molar-refractivity contribution >= 4 is 21.7 Å². The van der Waals surface area contributed by atoms with E-state index in [4.69, 9.17) is 0 Å². The third kappa shape index (κ3) is 3.13. The van der Waals surface area contributed by atoms with Crippen LogP contribution in [0.1, 0.15) is 0 Å². The summed E-state index contributed by atoms with van der Waals surface area (Å²) in [5, 5.41) is 0.941.